The van der Waals surface area contributed by atoms with E-state index >= 15 is 0 Å². The molecule has 1 aromatic rings. The number of carbonyl (C=O) groups excluding carboxylic acids is 1. The fourth-order valence-electron chi connectivity index (χ4n) is 2.86. The van der Waals surface area contributed by atoms with E-state index < -0.39 is 0 Å². The van der Waals surface area contributed by atoms with Crippen molar-refractivity contribution in [2.75, 3.05) is 18.9 Å². The molecule has 0 unspecified atom stereocenters. The molecule has 1 aromatic carbocycles. The number of nitrogens with two attached hydrogens (primary N) is 1. The minimum atomic E-state index is -0.102. The topological polar surface area (TPSA) is 75.4 Å². The van der Waals surface area contributed by atoms with E-state index in [9.17, 15) is 9.90 Å². The zero-order valence-electron chi connectivity index (χ0n) is 11.9. The number of nitrogens with one attached hydrogen (secondary N) is 1. The molecule has 0 aromatic heterocycles. The van der Waals surface area contributed by atoms with Crippen LogP contribution in [0.4, 0.5) is 5.69 Å². The Morgan fingerprint density at radius 1 is 1.20 bits per heavy atom. The Balaban J connectivity index is 1.83. The van der Waals surface area contributed by atoms with Crippen LogP contribution in [0, 0.1) is 5.41 Å². The van der Waals surface area contributed by atoms with Gasteiger partial charge in [-0.1, -0.05) is 31.4 Å². The highest BCUT2D eigenvalue weighted by Crippen LogP contribution is 2.35. The van der Waals surface area contributed by atoms with Crippen molar-refractivity contribution in [2.24, 2.45) is 5.41 Å². The lowest BCUT2D eigenvalue weighted by Gasteiger charge is -2.35. The lowest BCUT2D eigenvalue weighted by atomic mass is 9.74. The molecule has 1 saturated carbocycles. The minimum absolute atomic E-state index is 0.00756. The van der Waals surface area contributed by atoms with Crippen LogP contribution >= 0.6 is 0 Å². The van der Waals surface area contributed by atoms with Crippen LogP contribution in [0.2, 0.25) is 0 Å². The van der Waals surface area contributed by atoms with Gasteiger partial charge >= 0.3 is 0 Å². The van der Waals surface area contributed by atoms with Crippen molar-refractivity contribution < 1.29 is 9.90 Å². The maximum atomic E-state index is 12.0. The highest BCUT2D eigenvalue weighted by Gasteiger charge is 2.31. The van der Waals surface area contributed by atoms with Crippen LogP contribution in [0.5, 0.6) is 0 Å². The molecule has 4 nitrogen and oxygen atoms in total. The van der Waals surface area contributed by atoms with Crippen molar-refractivity contribution in [2.45, 2.75) is 38.5 Å². The summed E-state index contributed by atoms with van der Waals surface area (Å²) in [5.74, 6) is 0.00756. The fourth-order valence-corrected chi connectivity index (χ4v) is 2.86. The molecule has 0 spiro atoms. The van der Waals surface area contributed by atoms with Crippen molar-refractivity contribution in [3.05, 3.63) is 29.8 Å². The number of benzene rings is 1. The van der Waals surface area contributed by atoms with Gasteiger partial charge in [0.15, 0.2) is 0 Å². The Kier molecular flexibility index (Phi) is 5.01. The van der Waals surface area contributed by atoms with E-state index in [1.54, 1.807) is 12.1 Å². The van der Waals surface area contributed by atoms with Crippen molar-refractivity contribution >= 4 is 11.6 Å². The largest absolute Gasteiger partial charge is 0.399 e. The SMILES string of the molecule is Nc1ccc(CC(=O)NCC2(CO)CCCCC2)cc1. The predicted molar refractivity (Wildman–Crippen MR) is 80.2 cm³/mol. The second-order valence-corrected chi connectivity index (χ2v) is 5.91. The van der Waals surface area contributed by atoms with E-state index in [0.717, 1.165) is 31.2 Å². The number of nitrogen functional groups attached to an aromatic ring is 1. The second kappa shape index (κ2) is 6.75. The first-order valence-electron chi connectivity index (χ1n) is 7.36. The van der Waals surface area contributed by atoms with E-state index in [1.165, 1.54) is 6.42 Å². The summed E-state index contributed by atoms with van der Waals surface area (Å²) in [5.41, 5.74) is 7.18. The molecule has 4 heteroatoms. The number of rotatable bonds is 5. The third kappa shape index (κ3) is 3.97. The maximum absolute atomic E-state index is 12.0. The molecule has 0 saturated heterocycles. The van der Waals surface area contributed by atoms with Gasteiger partial charge in [0.05, 0.1) is 13.0 Å². The zero-order valence-corrected chi connectivity index (χ0v) is 11.9. The highest BCUT2D eigenvalue weighted by atomic mass is 16.3. The van der Waals surface area contributed by atoms with Gasteiger partial charge in [-0.25, -0.2) is 0 Å². The average molecular weight is 276 g/mol. The summed E-state index contributed by atoms with van der Waals surface area (Å²) >= 11 is 0. The Morgan fingerprint density at radius 2 is 1.85 bits per heavy atom. The molecular weight excluding hydrogens is 252 g/mol. The van der Waals surface area contributed by atoms with Crippen molar-refractivity contribution in [1.82, 2.24) is 5.32 Å². The van der Waals surface area contributed by atoms with Crippen molar-refractivity contribution in [3.8, 4) is 0 Å². The van der Waals surface area contributed by atoms with E-state index in [4.69, 9.17) is 5.73 Å². The number of anilines is 1. The normalized spacial score (nSPS) is 17.6. The standard InChI is InChI=1S/C16H24N2O2/c17-14-6-4-13(5-7-14)10-15(20)18-11-16(12-19)8-2-1-3-9-16/h4-7,19H,1-3,8-12,17H2,(H,18,20). The lowest BCUT2D eigenvalue weighted by Crippen LogP contribution is -2.41. The molecule has 110 valence electrons. The van der Waals surface area contributed by atoms with Crippen LogP contribution < -0.4 is 11.1 Å². The quantitative estimate of drug-likeness (QED) is 0.719. The Morgan fingerprint density at radius 3 is 2.45 bits per heavy atom. The summed E-state index contributed by atoms with van der Waals surface area (Å²) in [4.78, 5) is 12.0. The van der Waals surface area contributed by atoms with Gasteiger partial charge in [0, 0.05) is 17.6 Å². The number of aliphatic hydroxyl groups excluding tert-OH is 1. The Bertz CT molecular complexity index is 436. The summed E-state index contributed by atoms with van der Waals surface area (Å²) in [5, 5.41) is 12.6. The van der Waals surface area contributed by atoms with E-state index in [0.29, 0.717) is 18.7 Å². The van der Waals surface area contributed by atoms with Gasteiger partial charge in [-0.05, 0) is 30.5 Å². The molecule has 1 amide bonds. The first kappa shape index (κ1) is 14.9. The maximum Gasteiger partial charge on any atom is 0.224 e. The molecule has 0 heterocycles. The van der Waals surface area contributed by atoms with Crippen molar-refractivity contribution in [1.29, 1.82) is 0 Å². The summed E-state index contributed by atoms with van der Waals surface area (Å²) in [7, 11) is 0. The minimum Gasteiger partial charge on any atom is -0.399 e. The molecule has 1 aliphatic carbocycles. The molecule has 0 atom stereocenters. The van der Waals surface area contributed by atoms with Crippen LogP contribution in [0.15, 0.2) is 24.3 Å². The number of hydrogen-bond acceptors (Lipinski definition) is 3. The summed E-state index contributed by atoms with van der Waals surface area (Å²) < 4.78 is 0. The van der Waals surface area contributed by atoms with E-state index in [-0.39, 0.29) is 17.9 Å². The third-order valence-electron chi connectivity index (χ3n) is 4.25. The number of amides is 1. The molecule has 2 rings (SSSR count). The Hall–Kier alpha value is -1.55. The number of aliphatic hydroxyl groups is 1. The summed E-state index contributed by atoms with van der Waals surface area (Å²) in [6.45, 7) is 0.743. The molecule has 4 N–H and O–H groups in total. The first-order chi connectivity index (χ1) is 9.63. The average Bonchev–Trinajstić information content (AvgIpc) is 2.49. The second-order valence-electron chi connectivity index (χ2n) is 5.91. The smallest absolute Gasteiger partial charge is 0.224 e. The highest BCUT2D eigenvalue weighted by molar-refractivity contribution is 5.78. The molecule has 1 fully saturated rings. The van der Waals surface area contributed by atoms with Gasteiger partial charge in [-0.15, -0.1) is 0 Å². The van der Waals surface area contributed by atoms with Crippen LogP contribution in [0.25, 0.3) is 0 Å². The van der Waals surface area contributed by atoms with Gasteiger partial charge in [0.25, 0.3) is 0 Å². The molecule has 0 bridgehead atoms. The summed E-state index contributed by atoms with van der Waals surface area (Å²) in [6, 6.07) is 7.35. The Labute approximate surface area is 120 Å². The number of hydrogen-bond donors (Lipinski definition) is 3. The van der Waals surface area contributed by atoms with Crippen LogP contribution in [0.3, 0.4) is 0 Å². The molecule has 0 radical (unpaired) electrons. The zero-order chi connectivity index (χ0) is 14.4. The molecular formula is C16H24N2O2. The van der Waals surface area contributed by atoms with Gasteiger partial charge in [0.1, 0.15) is 0 Å². The first-order valence-corrected chi connectivity index (χ1v) is 7.36. The number of carbonyl (C=O) groups is 1. The van der Waals surface area contributed by atoms with E-state index in [1.807, 2.05) is 12.1 Å². The van der Waals surface area contributed by atoms with Crippen LogP contribution in [-0.4, -0.2) is 24.2 Å². The lowest BCUT2D eigenvalue weighted by molar-refractivity contribution is -0.121. The van der Waals surface area contributed by atoms with Crippen molar-refractivity contribution in [3.63, 3.8) is 0 Å². The van der Waals surface area contributed by atoms with Gasteiger partial charge in [-0.3, -0.25) is 4.79 Å². The van der Waals surface area contributed by atoms with Crippen LogP contribution in [0.1, 0.15) is 37.7 Å². The monoisotopic (exact) mass is 276 g/mol. The van der Waals surface area contributed by atoms with Gasteiger partial charge in [0.2, 0.25) is 5.91 Å². The van der Waals surface area contributed by atoms with Gasteiger partial charge in [-0.2, -0.15) is 0 Å². The third-order valence-corrected chi connectivity index (χ3v) is 4.25. The fraction of sp³-hybridized carbons (Fsp3) is 0.562. The molecule has 1 aliphatic rings. The summed E-state index contributed by atoms with van der Waals surface area (Å²) in [6.07, 6.45) is 5.91. The predicted octanol–water partition coefficient (Wildman–Crippen LogP) is 1.87. The molecule has 0 aliphatic heterocycles. The van der Waals surface area contributed by atoms with Gasteiger partial charge < -0.3 is 16.2 Å². The van der Waals surface area contributed by atoms with E-state index in [2.05, 4.69) is 5.32 Å². The molecule has 20 heavy (non-hydrogen) atoms. The van der Waals surface area contributed by atoms with Crippen LogP contribution in [-0.2, 0) is 11.2 Å².